The molecule has 1 heterocycles. The number of hydrogen-bond donors (Lipinski definition) is 1. The van der Waals surface area contributed by atoms with Crippen molar-refractivity contribution in [1.82, 2.24) is 4.98 Å². The van der Waals surface area contributed by atoms with Crippen LogP contribution in [0.4, 0.5) is 5.82 Å². The van der Waals surface area contributed by atoms with Gasteiger partial charge in [0.15, 0.2) is 0 Å². The molecule has 2 aromatic rings. The Bertz CT molecular complexity index is 509. The normalized spacial score (nSPS) is 10.0. The van der Waals surface area contributed by atoms with E-state index in [2.05, 4.69) is 4.98 Å². The summed E-state index contributed by atoms with van der Waals surface area (Å²) in [6.45, 7) is 0.294. The highest BCUT2D eigenvalue weighted by molar-refractivity contribution is 5.72. The van der Waals surface area contributed by atoms with E-state index in [1.54, 1.807) is 18.3 Å². The van der Waals surface area contributed by atoms with Crippen LogP contribution in [-0.4, -0.2) is 11.0 Å². The number of benzene rings is 1. The summed E-state index contributed by atoms with van der Waals surface area (Å²) in [7, 11) is 0. The molecule has 0 radical (unpaired) electrons. The minimum absolute atomic E-state index is 0.208. The van der Waals surface area contributed by atoms with E-state index in [1.807, 2.05) is 30.3 Å². The van der Waals surface area contributed by atoms with Gasteiger partial charge >= 0.3 is 5.97 Å². The van der Waals surface area contributed by atoms with Crippen LogP contribution in [0.5, 0.6) is 0 Å². The van der Waals surface area contributed by atoms with E-state index in [9.17, 15) is 4.79 Å². The summed E-state index contributed by atoms with van der Waals surface area (Å²) >= 11 is 0. The Hall–Kier alpha value is -2.36. The lowest BCUT2D eigenvalue weighted by Crippen LogP contribution is -2.08. The van der Waals surface area contributed by atoms with E-state index < -0.39 is 0 Å². The summed E-state index contributed by atoms with van der Waals surface area (Å²) in [5.41, 5.74) is 7.23. The maximum Gasteiger partial charge on any atom is 0.310 e. The maximum atomic E-state index is 11.6. The number of carbonyl (C=O) groups excluding carboxylic acids is 1. The van der Waals surface area contributed by atoms with E-state index in [0.717, 1.165) is 11.1 Å². The average molecular weight is 242 g/mol. The number of anilines is 1. The zero-order valence-electron chi connectivity index (χ0n) is 9.87. The highest BCUT2D eigenvalue weighted by Gasteiger charge is 2.05. The number of carbonyl (C=O) groups is 1. The summed E-state index contributed by atoms with van der Waals surface area (Å²) in [6, 6.07) is 13.0. The largest absolute Gasteiger partial charge is 0.461 e. The molecule has 0 fully saturated rings. The molecule has 0 spiro atoms. The standard InChI is InChI=1S/C14H14N2O2/c15-13-7-6-12(9-16-13)8-14(17)18-10-11-4-2-1-3-5-11/h1-7,9H,8,10H2,(H2,15,16). The lowest BCUT2D eigenvalue weighted by atomic mass is 10.2. The minimum Gasteiger partial charge on any atom is -0.461 e. The number of ether oxygens (including phenoxy) is 1. The molecule has 0 atom stereocenters. The Balaban J connectivity index is 1.84. The Morgan fingerprint density at radius 2 is 1.89 bits per heavy atom. The topological polar surface area (TPSA) is 65.2 Å². The van der Waals surface area contributed by atoms with E-state index in [1.165, 1.54) is 0 Å². The molecule has 18 heavy (non-hydrogen) atoms. The fourth-order valence-corrected chi connectivity index (χ4v) is 1.50. The number of esters is 1. The van der Waals surface area contributed by atoms with Crippen LogP contribution in [0, 0.1) is 0 Å². The molecule has 1 aromatic carbocycles. The molecule has 1 aromatic heterocycles. The van der Waals surface area contributed by atoms with Gasteiger partial charge in [0, 0.05) is 6.20 Å². The molecule has 2 N–H and O–H groups in total. The van der Waals surface area contributed by atoms with Crippen molar-refractivity contribution >= 4 is 11.8 Å². The van der Waals surface area contributed by atoms with E-state index in [0.29, 0.717) is 12.4 Å². The second-order valence-electron chi connectivity index (χ2n) is 3.91. The smallest absolute Gasteiger partial charge is 0.310 e. The molecule has 0 saturated carbocycles. The van der Waals surface area contributed by atoms with E-state index >= 15 is 0 Å². The number of aromatic nitrogens is 1. The van der Waals surface area contributed by atoms with Crippen LogP contribution >= 0.6 is 0 Å². The third kappa shape index (κ3) is 3.59. The Kier molecular flexibility index (Phi) is 3.91. The summed E-state index contributed by atoms with van der Waals surface area (Å²) in [6.07, 6.45) is 1.79. The van der Waals surface area contributed by atoms with Crippen molar-refractivity contribution in [1.29, 1.82) is 0 Å². The molecule has 0 amide bonds. The van der Waals surface area contributed by atoms with Crippen molar-refractivity contribution in [2.24, 2.45) is 0 Å². The molecule has 0 aliphatic carbocycles. The fraction of sp³-hybridized carbons (Fsp3) is 0.143. The van der Waals surface area contributed by atoms with E-state index in [4.69, 9.17) is 10.5 Å². The monoisotopic (exact) mass is 242 g/mol. The quantitative estimate of drug-likeness (QED) is 0.832. The maximum absolute atomic E-state index is 11.6. The Morgan fingerprint density at radius 1 is 1.11 bits per heavy atom. The molecule has 0 aliphatic rings. The first-order valence-corrected chi connectivity index (χ1v) is 5.64. The van der Waals surface area contributed by atoms with Crippen molar-refractivity contribution < 1.29 is 9.53 Å². The minimum atomic E-state index is -0.273. The van der Waals surface area contributed by atoms with Crippen molar-refractivity contribution in [2.45, 2.75) is 13.0 Å². The summed E-state index contributed by atoms with van der Waals surface area (Å²) < 4.78 is 5.16. The van der Waals surface area contributed by atoms with Gasteiger partial charge < -0.3 is 10.5 Å². The third-order valence-electron chi connectivity index (χ3n) is 2.44. The number of nitrogen functional groups attached to an aromatic ring is 1. The molecule has 92 valence electrons. The van der Waals surface area contributed by atoms with Crippen LogP contribution in [0.25, 0.3) is 0 Å². The van der Waals surface area contributed by atoms with Crippen LogP contribution < -0.4 is 5.73 Å². The van der Waals surface area contributed by atoms with Gasteiger partial charge in [0.05, 0.1) is 6.42 Å². The molecule has 4 nitrogen and oxygen atoms in total. The van der Waals surface area contributed by atoms with Crippen LogP contribution in [0.1, 0.15) is 11.1 Å². The zero-order valence-corrected chi connectivity index (χ0v) is 9.87. The molecule has 0 bridgehead atoms. The van der Waals surface area contributed by atoms with Gasteiger partial charge in [0.25, 0.3) is 0 Å². The van der Waals surface area contributed by atoms with Crippen LogP contribution in [0.2, 0.25) is 0 Å². The van der Waals surface area contributed by atoms with Gasteiger partial charge in [-0.25, -0.2) is 4.98 Å². The first-order valence-electron chi connectivity index (χ1n) is 5.64. The van der Waals surface area contributed by atoms with Crippen molar-refractivity contribution in [3.8, 4) is 0 Å². The van der Waals surface area contributed by atoms with Crippen molar-refractivity contribution in [3.63, 3.8) is 0 Å². The van der Waals surface area contributed by atoms with Crippen LogP contribution in [-0.2, 0) is 22.6 Å². The number of hydrogen-bond acceptors (Lipinski definition) is 4. The fourth-order valence-electron chi connectivity index (χ4n) is 1.50. The predicted molar refractivity (Wildman–Crippen MR) is 68.6 cm³/mol. The van der Waals surface area contributed by atoms with Gasteiger partial charge in [0.2, 0.25) is 0 Å². The van der Waals surface area contributed by atoms with E-state index in [-0.39, 0.29) is 12.4 Å². The van der Waals surface area contributed by atoms with Gasteiger partial charge in [-0.2, -0.15) is 0 Å². The molecule has 2 rings (SSSR count). The number of nitrogens with two attached hydrogens (primary N) is 1. The van der Waals surface area contributed by atoms with Crippen LogP contribution in [0.15, 0.2) is 48.7 Å². The zero-order chi connectivity index (χ0) is 12.8. The van der Waals surface area contributed by atoms with Crippen molar-refractivity contribution in [2.75, 3.05) is 5.73 Å². The lowest BCUT2D eigenvalue weighted by molar-refractivity contribution is -0.144. The number of nitrogens with zero attached hydrogens (tertiary/aromatic N) is 1. The molecule has 0 unspecified atom stereocenters. The SMILES string of the molecule is Nc1ccc(CC(=O)OCc2ccccc2)cn1. The Morgan fingerprint density at radius 3 is 2.56 bits per heavy atom. The first kappa shape index (κ1) is 12.1. The molecule has 0 saturated heterocycles. The van der Waals surface area contributed by atoms with Gasteiger partial charge in [0.1, 0.15) is 12.4 Å². The lowest BCUT2D eigenvalue weighted by Gasteiger charge is -2.05. The molecular weight excluding hydrogens is 228 g/mol. The van der Waals surface area contributed by atoms with Gasteiger partial charge in [-0.05, 0) is 17.2 Å². The summed E-state index contributed by atoms with van der Waals surface area (Å²) in [4.78, 5) is 15.5. The Labute approximate surface area is 105 Å². The van der Waals surface area contributed by atoms with Gasteiger partial charge in [-0.3, -0.25) is 4.79 Å². The summed E-state index contributed by atoms with van der Waals surface area (Å²) in [5, 5.41) is 0. The second kappa shape index (κ2) is 5.82. The second-order valence-corrected chi connectivity index (χ2v) is 3.91. The summed E-state index contributed by atoms with van der Waals surface area (Å²) in [5.74, 6) is 0.168. The van der Waals surface area contributed by atoms with Crippen molar-refractivity contribution in [3.05, 3.63) is 59.8 Å². The van der Waals surface area contributed by atoms with Crippen LogP contribution in [0.3, 0.4) is 0 Å². The number of pyridine rings is 1. The molecule has 0 aliphatic heterocycles. The average Bonchev–Trinajstić information content (AvgIpc) is 2.40. The molecular formula is C14H14N2O2. The van der Waals surface area contributed by atoms with Gasteiger partial charge in [-0.15, -0.1) is 0 Å². The highest BCUT2D eigenvalue weighted by atomic mass is 16.5. The predicted octanol–water partition coefficient (Wildman–Crippen LogP) is 1.95. The first-order chi connectivity index (χ1) is 8.74. The molecule has 4 heteroatoms. The highest BCUT2D eigenvalue weighted by Crippen LogP contribution is 2.05. The number of rotatable bonds is 4. The van der Waals surface area contributed by atoms with Gasteiger partial charge in [-0.1, -0.05) is 36.4 Å². The third-order valence-corrected chi connectivity index (χ3v) is 2.44.